The molecule has 11 heteroatoms. The van der Waals surface area contributed by atoms with Crippen LogP contribution in [-0.4, -0.2) is 22.2 Å². The van der Waals surface area contributed by atoms with Crippen LogP contribution in [0, 0.1) is 5.82 Å². The first-order valence-corrected chi connectivity index (χ1v) is 8.83. The molecule has 164 valence electrons. The van der Waals surface area contributed by atoms with Crippen molar-refractivity contribution >= 4 is 5.91 Å². The smallest absolute Gasteiger partial charge is 0.352 e. The van der Waals surface area contributed by atoms with Crippen LogP contribution in [0.4, 0.5) is 30.7 Å². The average Bonchev–Trinajstić information content (AvgIpc) is 3.15. The SMILES string of the molecule is O=C(NCCc1ccccc1F)c1cnn(-c2cccc(C(F)(F)F)c2)c1C(F)(F)F. The highest BCUT2D eigenvalue weighted by atomic mass is 19.4. The fourth-order valence-corrected chi connectivity index (χ4v) is 2.90. The number of hydrogen-bond donors (Lipinski definition) is 1. The van der Waals surface area contributed by atoms with E-state index in [9.17, 15) is 35.5 Å². The van der Waals surface area contributed by atoms with E-state index < -0.39 is 46.6 Å². The Hall–Kier alpha value is -3.37. The van der Waals surface area contributed by atoms with Gasteiger partial charge in [-0.1, -0.05) is 24.3 Å². The number of benzene rings is 2. The second-order valence-electron chi connectivity index (χ2n) is 6.46. The molecule has 0 fully saturated rings. The zero-order valence-electron chi connectivity index (χ0n) is 15.6. The fourth-order valence-electron chi connectivity index (χ4n) is 2.90. The Balaban J connectivity index is 1.88. The van der Waals surface area contributed by atoms with Gasteiger partial charge < -0.3 is 5.32 Å². The molecular formula is C20H14F7N3O. The van der Waals surface area contributed by atoms with E-state index in [4.69, 9.17) is 0 Å². The Bertz CT molecular complexity index is 1090. The lowest BCUT2D eigenvalue weighted by Crippen LogP contribution is -2.28. The van der Waals surface area contributed by atoms with Crippen molar-refractivity contribution in [2.24, 2.45) is 0 Å². The summed E-state index contributed by atoms with van der Waals surface area (Å²) < 4.78 is 93.5. The minimum Gasteiger partial charge on any atom is -0.352 e. The highest BCUT2D eigenvalue weighted by molar-refractivity contribution is 5.95. The van der Waals surface area contributed by atoms with Gasteiger partial charge in [-0.05, 0) is 36.2 Å². The number of amides is 1. The minimum atomic E-state index is -5.08. The normalized spacial score (nSPS) is 12.1. The summed E-state index contributed by atoms with van der Waals surface area (Å²) in [6.45, 7) is -0.161. The number of alkyl halides is 6. The van der Waals surface area contributed by atoms with E-state index in [-0.39, 0.29) is 23.2 Å². The Morgan fingerprint density at radius 1 is 0.968 bits per heavy atom. The van der Waals surface area contributed by atoms with E-state index in [1.807, 2.05) is 0 Å². The Kier molecular flexibility index (Phi) is 6.05. The van der Waals surface area contributed by atoms with E-state index in [1.54, 1.807) is 6.07 Å². The number of nitrogens with one attached hydrogen (secondary N) is 1. The van der Waals surface area contributed by atoms with Crippen LogP contribution in [0.2, 0.25) is 0 Å². The van der Waals surface area contributed by atoms with Gasteiger partial charge in [-0.25, -0.2) is 9.07 Å². The number of hydrogen-bond acceptors (Lipinski definition) is 2. The molecule has 1 amide bonds. The van der Waals surface area contributed by atoms with Crippen LogP contribution in [0.1, 0.15) is 27.2 Å². The maximum absolute atomic E-state index is 13.7. The van der Waals surface area contributed by atoms with Crippen LogP contribution in [0.3, 0.4) is 0 Å². The summed E-state index contributed by atoms with van der Waals surface area (Å²) >= 11 is 0. The standard InChI is InChI=1S/C20H14F7N3O/c21-16-7-2-1-4-12(16)8-9-28-18(31)15-11-29-30(17(15)20(25,26)27)14-6-3-5-13(10-14)19(22,23)24/h1-7,10-11H,8-9H2,(H,28,31). The number of halogens is 7. The Morgan fingerprint density at radius 2 is 1.68 bits per heavy atom. The molecule has 4 nitrogen and oxygen atoms in total. The topological polar surface area (TPSA) is 46.9 Å². The van der Waals surface area contributed by atoms with Gasteiger partial charge in [0.2, 0.25) is 0 Å². The van der Waals surface area contributed by atoms with E-state index >= 15 is 0 Å². The van der Waals surface area contributed by atoms with Crippen molar-refractivity contribution in [1.82, 2.24) is 15.1 Å². The molecule has 1 heterocycles. The van der Waals surface area contributed by atoms with Gasteiger partial charge in [0.05, 0.1) is 23.0 Å². The molecule has 0 radical (unpaired) electrons. The second-order valence-corrected chi connectivity index (χ2v) is 6.46. The second kappa shape index (κ2) is 8.40. The molecule has 3 rings (SSSR count). The highest BCUT2D eigenvalue weighted by Crippen LogP contribution is 2.35. The van der Waals surface area contributed by atoms with Gasteiger partial charge >= 0.3 is 12.4 Å². The van der Waals surface area contributed by atoms with Gasteiger partial charge in [-0.2, -0.15) is 31.4 Å². The van der Waals surface area contributed by atoms with Gasteiger partial charge in [0.1, 0.15) is 5.82 Å². The number of nitrogens with zero attached hydrogens (tertiary/aromatic N) is 2. The summed E-state index contributed by atoms with van der Waals surface area (Å²) in [6, 6.07) is 8.87. The van der Waals surface area contributed by atoms with Crippen molar-refractivity contribution < 1.29 is 35.5 Å². The summed E-state index contributed by atoms with van der Waals surface area (Å²) in [7, 11) is 0. The molecule has 31 heavy (non-hydrogen) atoms. The molecule has 1 aromatic heterocycles. The first-order valence-electron chi connectivity index (χ1n) is 8.83. The molecule has 2 aromatic carbocycles. The quantitative estimate of drug-likeness (QED) is 0.561. The zero-order chi connectivity index (χ0) is 22.8. The average molecular weight is 445 g/mol. The van der Waals surface area contributed by atoms with Gasteiger partial charge in [0.25, 0.3) is 5.91 Å². The predicted octanol–water partition coefficient (Wildman–Crippen LogP) is 5.02. The third-order valence-electron chi connectivity index (χ3n) is 4.34. The van der Waals surface area contributed by atoms with Crippen LogP contribution in [0.15, 0.2) is 54.7 Å². The molecule has 0 bridgehead atoms. The van der Waals surface area contributed by atoms with Crippen LogP contribution in [0.5, 0.6) is 0 Å². The van der Waals surface area contributed by atoms with E-state index in [1.165, 1.54) is 18.2 Å². The Labute approximate surface area is 171 Å². The van der Waals surface area contributed by atoms with Gasteiger partial charge in [0, 0.05) is 6.54 Å². The van der Waals surface area contributed by atoms with Gasteiger partial charge in [-0.3, -0.25) is 4.79 Å². The van der Waals surface area contributed by atoms with Crippen molar-refractivity contribution in [3.05, 3.63) is 82.9 Å². The molecule has 0 spiro atoms. The summed E-state index contributed by atoms with van der Waals surface area (Å²) in [5.74, 6) is -1.66. The monoisotopic (exact) mass is 445 g/mol. The van der Waals surface area contributed by atoms with E-state index in [0.717, 1.165) is 12.1 Å². The van der Waals surface area contributed by atoms with Gasteiger partial charge in [-0.15, -0.1) is 0 Å². The molecule has 0 aliphatic carbocycles. The van der Waals surface area contributed by atoms with E-state index in [0.29, 0.717) is 18.3 Å². The van der Waals surface area contributed by atoms with Crippen molar-refractivity contribution in [3.8, 4) is 5.69 Å². The number of carbonyl (C=O) groups excluding carboxylic acids is 1. The first-order chi connectivity index (χ1) is 14.5. The van der Waals surface area contributed by atoms with Crippen molar-refractivity contribution in [2.45, 2.75) is 18.8 Å². The van der Waals surface area contributed by atoms with Crippen LogP contribution >= 0.6 is 0 Å². The molecule has 0 atom stereocenters. The Morgan fingerprint density at radius 3 is 2.32 bits per heavy atom. The largest absolute Gasteiger partial charge is 0.434 e. The summed E-state index contributed by atoms with van der Waals surface area (Å²) in [5, 5.41) is 5.73. The summed E-state index contributed by atoms with van der Waals surface area (Å²) in [5.41, 5.74) is -3.79. The number of rotatable bonds is 5. The van der Waals surface area contributed by atoms with Crippen molar-refractivity contribution in [1.29, 1.82) is 0 Å². The molecule has 0 aliphatic rings. The fraction of sp³-hybridized carbons (Fsp3) is 0.200. The molecule has 1 N–H and O–H groups in total. The number of aromatic nitrogens is 2. The minimum absolute atomic E-state index is 0.0293. The van der Waals surface area contributed by atoms with Crippen LogP contribution in [0.25, 0.3) is 5.69 Å². The lowest BCUT2D eigenvalue weighted by atomic mass is 10.1. The molecule has 0 aliphatic heterocycles. The third-order valence-corrected chi connectivity index (χ3v) is 4.34. The van der Waals surface area contributed by atoms with Gasteiger partial charge in [0.15, 0.2) is 5.69 Å². The molecule has 0 saturated heterocycles. The highest BCUT2D eigenvalue weighted by Gasteiger charge is 2.41. The van der Waals surface area contributed by atoms with Crippen molar-refractivity contribution in [3.63, 3.8) is 0 Å². The molecule has 0 saturated carbocycles. The van der Waals surface area contributed by atoms with Crippen LogP contribution < -0.4 is 5.32 Å². The van der Waals surface area contributed by atoms with E-state index in [2.05, 4.69) is 10.4 Å². The number of carbonyl (C=O) groups is 1. The maximum atomic E-state index is 13.7. The summed E-state index contributed by atoms with van der Waals surface area (Å²) in [4.78, 5) is 12.3. The van der Waals surface area contributed by atoms with Crippen molar-refractivity contribution in [2.75, 3.05) is 6.54 Å². The predicted molar refractivity (Wildman–Crippen MR) is 96.0 cm³/mol. The zero-order valence-corrected chi connectivity index (χ0v) is 15.6. The molecule has 3 aromatic rings. The lowest BCUT2D eigenvalue weighted by molar-refractivity contribution is -0.143. The lowest BCUT2D eigenvalue weighted by Gasteiger charge is -2.14. The summed E-state index contributed by atoms with van der Waals surface area (Å²) in [6.07, 6.45) is -9.19. The maximum Gasteiger partial charge on any atom is 0.434 e. The first kappa shape index (κ1) is 22.3. The molecule has 0 unspecified atom stereocenters. The molecular weight excluding hydrogens is 431 g/mol. The van der Waals surface area contributed by atoms with Crippen LogP contribution in [-0.2, 0) is 18.8 Å². The third kappa shape index (κ3) is 5.04.